The van der Waals surface area contributed by atoms with Gasteiger partial charge >= 0.3 is 6.18 Å². The van der Waals surface area contributed by atoms with Gasteiger partial charge in [-0.25, -0.2) is 0 Å². The zero-order valence-electron chi connectivity index (χ0n) is 14.2. The van der Waals surface area contributed by atoms with Gasteiger partial charge in [-0.2, -0.15) is 13.2 Å². The summed E-state index contributed by atoms with van der Waals surface area (Å²) in [5.41, 5.74) is 3.47. The van der Waals surface area contributed by atoms with Crippen molar-refractivity contribution in [3.05, 3.63) is 59.2 Å². The molecular weight excluding hydrogens is 327 g/mol. The molecule has 0 radical (unpaired) electrons. The van der Waals surface area contributed by atoms with E-state index < -0.39 is 11.7 Å². The van der Waals surface area contributed by atoms with Crippen molar-refractivity contribution in [2.45, 2.75) is 38.5 Å². The normalized spacial score (nSPS) is 18.2. The molecule has 2 aromatic rings. The maximum Gasteiger partial charge on any atom is 0.416 e. The fraction of sp³-hybridized carbons (Fsp3) is 0.400. The Morgan fingerprint density at radius 2 is 1.72 bits per heavy atom. The molecule has 3 rings (SSSR count). The van der Waals surface area contributed by atoms with Gasteiger partial charge in [0.05, 0.1) is 12.2 Å². The van der Waals surface area contributed by atoms with Crippen LogP contribution in [0.3, 0.4) is 0 Å². The van der Waals surface area contributed by atoms with E-state index >= 15 is 0 Å². The van der Waals surface area contributed by atoms with Crippen molar-refractivity contribution in [1.29, 1.82) is 0 Å². The molecule has 0 bridgehead atoms. The lowest BCUT2D eigenvalue weighted by Gasteiger charge is -2.36. The summed E-state index contributed by atoms with van der Waals surface area (Å²) in [6.07, 6.45) is -2.49. The SMILES string of the molecule is CCCN1Cc2cc(-c3ccc(C(F)(F)F)cc3)ccc2C[C@H]1CO. The summed E-state index contributed by atoms with van der Waals surface area (Å²) in [5.74, 6) is 0. The van der Waals surface area contributed by atoms with Crippen molar-refractivity contribution < 1.29 is 18.3 Å². The van der Waals surface area contributed by atoms with Crippen LogP contribution in [-0.2, 0) is 19.1 Å². The largest absolute Gasteiger partial charge is 0.416 e. The van der Waals surface area contributed by atoms with Crippen LogP contribution in [0, 0.1) is 0 Å². The zero-order valence-corrected chi connectivity index (χ0v) is 14.2. The second kappa shape index (κ2) is 7.18. The number of nitrogens with zero attached hydrogens (tertiary/aromatic N) is 1. The molecule has 25 heavy (non-hydrogen) atoms. The molecule has 0 unspecified atom stereocenters. The first-order valence-corrected chi connectivity index (χ1v) is 8.56. The Bertz CT molecular complexity index is 725. The first kappa shape index (κ1) is 18.0. The van der Waals surface area contributed by atoms with Crippen LogP contribution < -0.4 is 0 Å². The maximum absolute atomic E-state index is 12.7. The van der Waals surface area contributed by atoms with Gasteiger partial charge in [0.25, 0.3) is 0 Å². The molecule has 1 heterocycles. The lowest BCUT2D eigenvalue weighted by molar-refractivity contribution is -0.137. The topological polar surface area (TPSA) is 23.5 Å². The van der Waals surface area contributed by atoms with Crippen LogP contribution in [0.25, 0.3) is 11.1 Å². The van der Waals surface area contributed by atoms with Crippen molar-refractivity contribution in [2.75, 3.05) is 13.2 Å². The molecule has 0 aromatic heterocycles. The lowest BCUT2D eigenvalue weighted by Crippen LogP contribution is -2.43. The number of rotatable bonds is 4. The fourth-order valence-corrected chi connectivity index (χ4v) is 3.46. The minimum Gasteiger partial charge on any atom is -0.395 e. The number of benzene rings is 2. The Morgan fingerprint density at radius 1 is 1.04 bits per heavy atom. The predicted molar refractivity (Wildman–Crippen MR) is 92.2 cm³/mol. The molecule has 5 heteroatoms. The molecule has 2 nitrogen and oxygen atoms in total. The van der Waals surface area contributed by atoms with Crippen LogP contribution in [0.4, 0.5) is 13.2 Å². The number of fused-ring (bicyclic) bond motifs is 1. The van der Waals surface area contributed by atoms with Gasteiger partial charge in [0.2, 0.25) is 0 Å². The molecule has 134 valence electrons. The number of alkyl halides is 3. The van der Waals surface area contributed by atoms with Gasteiger partial charge in [0.1, 0.15) is 0 Å². The summed E-state index contributed by atoms with van der Waals surface area (Å²) in [5, 5.41) is 9.60. The Morgan fingerprint density at radius 3 is 2.32 bits per heavy atom. The van der Waals surface area contributed by atoms with E-state index in [0.717, 1.165) is 49.2 Å². The van der Waals surface area contributed by atoms with E-state index in [0.29, 0.717) is 0 Å². The van der Waals surface area contributed by atoms with E-state index in [1.165, 1.54) is 23.3 Å². The highest BCUT2D eigenvalue weighted by Gasteiger charge is 2.30. The first-order chi connectivity index (χ1) is 11.9. The second-order valence-electron chi connectivity index (χ2n) is 6.57. The molecule has 1 aliphatic rings. The van der Waals surface area contributed by atoms with Gasteiger partial charge < -0.3 is 5.11 Å². The van der Waals surface area contributed by atoms with E-state index in [9.17, 15) is 18.3 Å². The van der Waals surface area contributed by atoms with Gasteiger partial charge in [-0.1, -0.05) is 31.2 Å². The minimum atomic E-state index is -4.31. The average molecular weight is 349 g/mol. The second-order valence-corrected chi connectivity index (χ2v) is 6.57. The highest BCUT2D eigenvalue weighted by atomic mass is 19.4. The van der Waals surface area contributed by atoms with E-state index in [1.54, 1.807) is 0 Å². The Balaban J connectivity index is 1.87. The van der Waals surface area contributed by atoms with E-state index in [2.05, 4.69) is 17.9 Å². The Kier molecular flexibility index (Phi) is 5.16. The standard InChI is InChI=1S/C20H22F3NO/c1-2-9-24-12-17-10-15(3-4-16(17)11-19(24)13-25)14-5-7-18(8-6-14)20(21,22)23/h3-8,10,19,25H,2,9,11-13H2,1H3/t19-/m0/s1. The monoisotopic (exact) mass is 349 g/mol. The first-order valence-electron chi connectivity index (χ1n) is 8.56. The third-order valence-electron chi connectivity index (χ3n) is 4.82. The molecule has 1 atom stereocenters. The summed E-state index contributed by atoms with van der Waals surface area (Å²) in [6, 6.07) is 11.5. The van der Waals surface area contributed by atoms with Gasteiger partial charge in [0.15, 0.2) is 0 Å². The van der Waals surface area contributed by atoms with Crippen molar-refractivity contribution in [1.82, 2.24) is 4.90 Å². The number of aliphatic hydroxyl groups is 1. The average Bonchev–Trinajstić information content (AvgIpc) is 2.60. The maximum atomic E-state index is 12.7. The summed E-state index contributed by atoms with van der Waals surface area (Å²) in [4.78, 5) is 2.28. The van der Waals surface area contributed by atoms with Crippen LogP contribution in [0.5, 0.6) is 0 Å². The molecule has 0 spiro atoms. The van der Waals surface area contributed by atoms with Crippen LogP contribution >= 0.6 is 0 Å². The number of halogens is 3. The van der Waals surface area contributed by atoms with Crippen LogP contribution in [0.15, 0.2) is 42.5 Å². The smallest absolute Gasteiger partial charge is 0.395 e. The summed E-state index contributed by atoms with van der Waals surface area (Å²) in [7, 11) is 0. The Hall–Kier alpha value is -1.85. The van der Waals surface area contributed by atoms with Gasteiger partial charge in [-0.3, -0.25) is 4.90 Å². The predicted octanol–water partition coefficient (Wildman–Crippen LogP) is 4.50. The molecule has 0 fully saturated rings. The molecular formula is C20H22F3NO. The third kappa shape index (κ3) is 3.88. The van der Waals surface area contributed by atoms with Gasteiger partial charge in [-0.15, -0.1) is 0 Å². The lowest BCUT2D eigenvalue weighted by atomic mass is 9.91. The van der Waals surface area contributed by atoms with Crippen molar-refractivity contribution in [3.63, 3.8) is 0 Å². The summed E-state index contributed by atoms with van der Waals surface area (Å²) >= 11 is 0. The third-order valence-corrected chi connectivity index (χ3v) is 4.82. The highest BCUT2D eigenvalue weighted by Crippen LogP contribution is 2.32. The highest BCUT2D eigenvalue weighted by molar-refractivity contribution is 5.65. The minimum absolute atomic E-state index is 0.139. The molecule has 0 saturated heterocycles. The van der Waals surface area contributed by atoms with Crippen molar-refractivity contribution in [2.24, 2.45) is 0 Å². The molecule has 1 N–H and O–H groups in total. The number of aliphatic hydroxyl groups excluding tert-OH is 1. The quantitative estimate of drug-likeness (QED) is 0.878. The fourth-order valence-electron chi connectivity index (χ4n) is 3.46. The molecule has 0 aliphatic carbocycles. The van der Waals surface area contributed by atoms with E-state index in [1.807, 2.05) is 12.1 Å². The summed E-state index contributed by atoms with van der Waals surface area (Å²) in [6.45, 7) is 3.95. The van der Waals surface area contributed by atoms with Gasteiger partial charge in [-0.05, 0) is 59.8 Å². The number of hydrogen-bond acceptors (Lipinski definition) is 2. The van der Waals surface area contributed by atoms with E-state index in [-0.39, 0.29) is 12.6 Å². The van der Waals surface area contributed by atoms with Crippen molar-refractivity contribution >= 4 is 0 Å². The molecule has 2 aromatic carbocycles. The number of hydrogen-bond donors (Lipinski definition) is 1. The molecule has 0 saturated carbocycles. The Labute approximate surface area is 145 Å². The zero-order chi connectivity index (χ0) is 18.0. The van der Waals surface area contributed by atoms with Crippen LogP contribution in [0.1, 0.15) is 30.0 Å². The summed E-state index contributed by atoms with van der Waals surface area (Å²) < 4.78 is 38.1. The van der Waals surface area contributed by atoms with Gasteiger partial charge in [0, 0.05) is 12.6 Å². The van der Waals surface area contributed by atoms with E-state index in [4.69, 9.17) is 0 Å². The van der Waals surface area contributed by atoms with Crippen LogP contribution in [-0.4, -0.2) is 29.2 Å². The van der Waals surface area contributed by atoms with Crippen LogP contribution in [0.2, 0.25) is 0 Å². The molecule has 1 aliphatic heterocycles. The van der Waals surface area contributed by atoms with Crippen molar-refractivity contribution in [3.8, 4) is 11.1 Å². The molecule has 0 amide bonds.